The molecule has 1 aromatic rings. The predicted molar refractivity (Wildman–Crippen MR) is 46.2 cm³/mol. The van der Waals surface area contributed by atoms with Gasteiger partial charge in [0.15, 0.2) is 0 Å². The third-order valence-corrected chi connectivity index (χ3v) is 2.56. The van der Waals surface area contributed by atoms with Crippen molar-refractivity contribution in [3.63, 3.8) is 0 Å². The smallest absolute Gasteiger partial charge is 0.206 e. The van der Waals surface area contributed by atoms with E-state index < -0.39 is 5.60 Å². The first-order valence-corrected chi connectivity index (χ1v) is 4.59. The number of ketones is 1. The molecule has 1 saturated carbocycles. The number of rotatable bonds is 1. The molecule has 0 radical (unpaired) electrons. The van der Waals surface area contributed by atoms with Gasteiger partial charge in [-0.2, -0.15) is 4.80 Å². The number of aryl methyl sites for hydroxylation is 1. The Morgan fingerprint density at radius 2 is 2.07 bits per heavy atom. The van der Waals surface area contributed by atoms with Crippen LogP contribution in [0.5, 0.6) is 0 Å². The summed E-state index contributed by atoms with van der Waals surface area (Å²) in [6.45, 7) is 0. The molecule has 6 heteroatoms. The number of carbonyl (C=O) groups excluding carboxylic acids is 1. The Kier molecular flexibility index (Phi) is 2.07. The molecule has 1 heterocycles. The van der Waals surface area contributed by atoms with Crippen LogP contribution in [0.1, 0.15) is 31.5 Å². The second kappa shape index (κ2) is 3.13. The van der Waals surface area contributed by atoms with Crippen LogP contribution >= 0.6 is 0 Å². The van der Waals surface area contributed by atoms with Crippen LogP contribution in [0.3, 0.4) is 0 Å². The van der Waals surface area contributed by atoms with Crippen LogP contribution in [0.25, 0.3) is 0 Å². The van der Waals surface area contributed by atoms with Crippen molar-refractivity contribution in [3.8, 4) is 0 Å². The summed E-state index contributed by atoms with van der Waals surface area (Å²) in [5.41, 5.74) is -1.05. The van der Waals surface area contributed by atoms with E-state index >= 15 is 0 Å². The largest absolute Gasteiger partial charge is 0.382 e. The molecule has 1 N–H and O–H groups in total. The van der Waals surface area contributed by atoms with Gasteiger partial charge in [-0.25, -0.2) is 0 Å². The van der Waals surface area contributed by atoms with Gasteiger partial charge in [-0.3, -0.25) is 4.79 Å². The topological polar surface area (TPSA) is 80.9 Å². The van der Waals surface area contributed by atoms with Gasteiger partial charge in [0.05, 0.1) is 7.05 Å². The molecule has 14 heavy (non-hydrogen) atoms. The lowest BCUT2D eigenvalue weighted by Crippen LogP contribution is -2.33. The molecule has 0 aromatic carbocycles. The fourth-order valence-corrected chi connectivity index (χ4v) is 1.64. The minimum atomic E-state index is -1.05. The van der Waals surface area contributed by atoms with Crippen LogP contribution in [0.4, 0.5) is 0 Å². The van der Waals surface area contributed by atoms with Crippen molar-refractivity contribution in [1.82, 2.24) is 20.2 Å². The van der Waals surface area contributed by atoms with E-state index in [4.69, 9.17) is 0 Å². The molecule has 0 amide bonds. The molecular weight excluding hydrogens is 184 g/mol. The summed E-state index contributed by atoms with van der Waals surface area (Å²) in [7, 11) is 1.65. The van der Waals surface area contributed by atoms with Crippen LogP contribution in [-0.4, -0.2) is 31.1 Å². The summed E-state index contributed by atoms with van der Waals surface area (Å²) in [6, 6.07) is 0. The average Bonchev–Trinajstić information content (AvgIpc) is 2.58. The van der Waals surface area contributed by atoms with E-state index in [0.717, 1.165) is 0 Å². The Morgan fingerprint density at radius 3 is 2.57 bits per heavy atom. The second-order valence-corrected chi connectivity index (χ2v) is 3.67. The molecule has 2 rings (SSSR count). The molecule has 0 bridgehead atoms. The first-order valence-electron chi connectivity index (χ1n) is 4.59. The van der Waals surface area contributed by atoms with Gasteiger partial charge in [0.2, 0.25) is 5.82 Å². The monoisotopic (exact) mass is 196 g/mol. The molecule has 0 saturated heterocycles. The normalized spacial score (nSPS) is 21.1. The fraction of sp³-hybridized carbons (Fsp3) is 0.750. The summed E-state index contributed by atoms with van der Waals surface area (Å²) >= 11 is 0. The van der Waals surface area contributed by atoms with E-state index in [1.165, 1.54) is 4.80 Å². The number of Topliss-reactive ketones (excluding diaryl/α,β-unsaturated/α-hetero) is 1. The van der Waals surface area contributed by atoms with E-state index in [0.29, 0.717) is 31.5 Å². The lowest BCUT2D eigenvalue weighted by molar-refractivity contribution is -0.126. The molecular formula is C8H12N4O2. The van der Waals surface area contributed by atoms with Gasteiger partial charge in [0.1, 0.15) is 11.4 Å². The molecule has 1 fully saturated rings. The molecule has 1 aliphatic carbocycles. The average molecular weight is 196 g/mol. The lowest BCUT2D eigenvalue weighted by atomic mass is 9.84. The van der Waals surface area contributed by atoms with Gasteiger partial charge >= 0.3 is 0 Å². The maximum atomic E-state index is 11.0. The quantitative estimate of drug-likeness (QED) is 0.657. The lowest BCUT2D eigenvalue weighted by Gasteiger charge is -2.27. The van der Waals surface area contributed by atoms with Crippen molar-refractivity contribution < 1.29 is 9.90 Å². The van der Waals surface area contributed by atoms with Crippen LogP contribution < -0.4 is 0 Å². The molecule has 0 spiro atoms. The molecule has 76 valence electrons. The van der Waals surface area contributed by atoms with Gasteiger partial charge in [0, 0.05) is 12.8 Å². The highest BCUT2D eigenvalue weighted by atomic mass is 16.3. The molecule has 1 aromatic heterocycles. The van der Waals surface area contributed by atoms with Gasteiger partial charge in [-0.1, -0.05) is 0 Å². The highest BCUT2D eigenvalue weighted by Gasteiger charge is 2.37. The molecule has 0 unspecified atom stereocenters. The van der Waals surface area contributed by atoms with E-state index in [9.17, 15) is 9.90 Å². The SMILES string of the molecule is Cn1nnc(C2(O)CCC(=O)CC2)n1. The van der Waals surface area contributed by atoms with Crippen molar-refractivity contribution in [2.24, 2.45) is 7.05 Å². The fourth-order valence-electron chi connectivity index (χ4n) is 1.64. The predicted octanol–water partition coefficient (Wildman–Crippen LogP) is -0.459. The number of nitrogens with zero attached hydrogens (tertiary/aromatic N) is 4. The zero-order valence-electron chi connectivity index (χ0n) is 7.97. The summed E-state index contributed by atoms with van der Waals surface area (Å²) < 4.78 is 0. The number of aliphatic hydroxyl groups is 1. The second-order valence-electron chi connectivity index (χ2n) is 3.67. The Balaban J connectivity index is 2.20. The summed E-state index contributed by atoms with van der Waals surface area (Å²) in [5.74, 6) is 0.520. The van der Waals surface area contributed by atoms with Gasteiger partial charge in [-0.05, 0) is 18.1 Å². The third-order valence-electron chi connectivity index (χ3n) is 2.56. The highest BCUT2D eigenvalue weighted by molar-refractivity contribution is 5.79. The molecule has 1 aliphatic rings. The Labute approximate surface area is 80.9 Å². The van der Waals surface area contributed by atoms with Crippen molar-refractivity contribution >= 4 is 5.78 Å². The van der Waals surface area contributed by atoms with Crippen LogP contribution in [0, 0.1) is 0 Å². The van der Waals surface area contributed by atoms with E-state index in [1.54, 1.807) is 7.05 Å². The van der Waals surface area contributed by atoms with Crippen molar-refractivity contribution in [3.05, 3.63) is 5.82 Å². The third kappa shape index (κ3) is 1.52. The Hall–Kier alpha value is -1.30. The van der Waals surface area contributed by atoms with Gasteiger partial charge in [0.25, 0.3) is 0 Å². The first kappa shape index (κ1) is 9.26. The molecule has 0 atom stereocenters. The first-order chi connectivity index (χ1) is 6.60. The Bertz CT molecular complexity index is 350. The number of tetrazole rings is 1. The number of hydrogen-bond donors (Lipinski definition) is 1. The minimum absolute atomic E-state index is 0.193. The minimum Gasteiger partial charge on any atom is -0.382 e. The maximum absolute atomic E-state index is 11.0. The standard InChI is InChI=1S/C8H12N4O2/c1-12-10-7(9-11-12)8(14)4-2-6(13)3-5-8/h14H,2-5H2,1H3. The Morgan fingerprint density at radius 1 is 1.43 bits per heavy atom. The van der Waals surface area contributed by atoms with Crippen LogP contribution in [-0.2, 0) is 17.4 Å². The molecule has 0 aliphatic heterocycles. The van der Waals surface area contributed by atoms with Gasteiger partial charge < -0.3 is 5.11 Å². The summed E-state index contributed by atoms with van der Waals surface area (Å²) in [4.78, 5) is 12.3. The summed E-state index contributed by atoms with van der Waals surface area (Å²) in [6.07, 6.45) is 1.60. The number of carbonyl (C=O) groups is 1. The summed E-state index contributed by atoms with van der Waals surface area (Å²) in [5, 5.41) is 21.6. The van der Waals surface area contributed by atoms with E-state index in [-0.39, 0.29) is 5.78 Å². The van der Waals surface area contributed by atoms with Crippen molar-refractivity contribution in [2.75, 3.05) is 0 Å². The van der Waals surface area contributed by atoms with Crippen LogP contribution in [0.2, 0.25) is 0 Å². The van der Waals surface area contributed by atoms with Crippen molar-refractivity contribution in [1.29, 1.82) is 0 Å². The zero-order chi connectivity index (χ0) is 10.2. The maximum Gasteiger partial charge on any atom is 0.206 e. The van der Waals surface area contributed by atoms with E-state index in [1.807, 2.05) is 0 Å². The zero-order valence-corrected chi connectivity index (χ0v) is 7.97. The number of hydrogen-bond acceptors (Lipinski definition) is 5. The van der Waals surface area contributed by atoms with Gasteiger partial charge in [-0.15, -0.1) is 10.2 Å². The molecule has 6 nitrogen and oxygen atoms in total. The van der Waals surface area contributed by atoms with E-state index in [2.05, 4.69) is 15.4 Å². The number of aromatic nitrogens is 4. The van der Waals surface area contributed by atoms with Crippen molar-refractivity contribution in [2.45, 2.75) is 31.3 Å². The highest BCUT2D eigenvalue weighted by Crippen LogP contribution is 2.33. The van der Waals surface area contributed by atoms with Crippen LogP contribution in [0.15, 0.2) is 0 Å².